The number of hydrogen-bond acceptors (Lipinski definition) is 6. The van der Waals surface area contributed by atoms with Crippen molar-refractivity contribution in [2.24, 2.45) is 0 Å². The number of carbonyl (C=O) groups excluding carboxylic acids is 3. The van der Waals surface area contributed by atoms with Crippen LogP contribution in [-0.4, -0.2) is 40.4 Å². The third-order valence-corrected chi connectivity index (χ3v) is 6.21. The van der Waals surface area contributed by atoms with Gasteiger partial charge in [0.2, 0.25) is 0 Å². The van der Waals surface area contributed by atoms with Crippen LogP contribution >= 0.6 is 34.5 Å². The number of pyridine rings is 1. The van der Waals surface area contributed by atoms with E-state index in [1.54, 1.807) is 23.7 Å². The minimum absolute atomic E-state index is 0.0912. The fourth-order valence-corrected chi connectivity index (χ4v) is 4.32. The topological polar surface area (TPSA) is 113 Å². The van der Waals surface area contributed by atoms with E-state index >= 15 is 0 Å². The molecular formula is C23H18Cl2N4O4S. The number of halogens is 2. The lowest BCUT2D eigenvalue weighted by molar-refractivity contribution is -0.149. The standard InChI is InChI=1S/C23H18Cl2N4O4S/c24-14-9-16(25)21(27-11-14)29-20(30)12-33-23(32)18(28-22(31)19-6-3-7-34-19)8-13-10-26-17-5-2-1-4-15(13)17/h1-7,9-11,18,26H,8,12H2,(H,28,31)(H,27,29,30). The molecule has 11 heteroatoms. The summed E-state index contributed by atoms with van der Waals surface area (Å²) < 4.78 is 5.21. The van der Waals surface area contributed by atoms with Gasteiger partial charge in [0.1, 0.15) is 6.04 Å². The van der Waals surface area contributed by atoms with E-state index in [0.717, 1.165) is 16.5 Å². The number of benzene rings is 1. The number of rotatable bonds is 8. The molecule has 3 heterocycles. The number of carbonyl (C=O) groups is 3. The number of amides is 2. The Labute approximate surface area is 208 Å². The normalized spacial score (nSPS) is 11.7. The molecule has 0 fully saturated rings. The molecule has 0 aliphatic rings. The quantitative estimate of drug-likeness (QED) is 0.299. The van der Waals surface area contributed by atoms with Crippen LogP contribution in [0.1, 0.15) is 15.2 Å². The number of aromatic amines is 1. The Morgan fingerprint density at radius 1 is 1.15 bits per heavy atom. The van der Waals surface area contributed by atoms with E-state index in [1.807, 2.05) is 24.3 Å². The lowest BCUT2D eigenvalue weighted by Crippen LogP contribution is -2.43. The van der Waals surface area contributed by atoms with Crippen LogP contribution in [0.2, 0.25) is 10.0 Å². The molecule has 1 atom stereocenters. The van der Waals surface area contributed by atoms with Crippen LogP contribution in [0.4, 0.5) is 5.82 Å². The van der Waals surface area contributed by atoms with E-state index in [0.29, 0.717) is 9.90 Å². The van der Waals surface area contributed by atoms with Crippen LogP contribution in [0.15, 0.2) is 60.2 Å². The van der Waals surface area contributed by atoms with Crippen LogP contribution < -0.4 is 10.6 Å². The minimum Gasteiger partial charge on any atom is -0.454 e. The van der Waals surface area contributed by atoms with Crippen molar-refractivity contribution in [2.75, 3.05) is 11.9 Å². The first-order chi connectivity index (χ1) is 16.4. The summed E-state index contributed by atoms with van der Waals surface area (Å²) in [5, 5.41) is 8.32. The molecule has 1 unspecified atom stereocenters. The number of nitrogens with one attached hydrogen (secondary N) is 3. The summed E-state index contributed by atoms with van der Waals surface area (Å²) >= 11 is 13.1. The first kappa shape index (κ1) is 23.7. The maximum atomic E-state index is 12.9. The van der Waals surface area contributed by atoms with Gasteiger partial charge in [-0.25, -0.2) is 9.78 Å². The molecule has 34 heavy (non-hydrogen) atoms. The number of para-hydroxylation sites is 1. The third kappa shape index (κ3) is 5.74. The smallest absolute Gasteiger partial charge is 0.329 e. The lowest BCUT2D eigenvalue weighted by atomic mass is 10.0. The van der Waals surface area contributed by atoms with Crippen molar-refractivity contribution in [3.63, 3.8) is 0 Å². The summed E-state index contributed by atoms with van der Waals surface area (Å²) in [6, 6.07) is 11.4. The van der Waals surface area contributed by atoms with Gasteiger partial charge in [-0.05, 0) is 29.1 Å². The monoisotopic (exact) mass is 516 g/mol. The van der Waals surface area contributed by atoms with Gasteiger partial charge in [0.05, 0.1) is 14.9 Å². The maximum Gasteiger partial charge on any atom is 0.329 e. The molecule has 3 aromatic heterocycles. The number of hydrogen-bond donors (Lipinski definition) is 3. The predicted octanol–water partition coefficient (Wildman–Crippen LogP) is 4.45. The Kier molecular flexibility index (Phi) is 7.46. The van der Waals surface area contributed by atoms with Gasteiger partial charge in [-0.1, -0.05) is 47.5 Å². The van der Waals surface area contributed by atoms with Crippen molar-refractivity contribution >= 4 is 69.0 Å². The molecule has 8 nitrogen and oxygen atoms in total. The number of H-pyrrole nitrogens is 1. The van der Waals surface area contributed by atoms with E-state index < -0.39 is 30.4 Å². The fourth-order valence-electron chi connectivity index (χ4n) is 3.26. The zero-order valence-electron chi connectivity index (χ0n) is 17.5. The fraction of sp³-hybridized carbons (Fsp3) is 0.130. The Balaban J connectivity index is 1.45. The summed E-state index contributed by atoms with van der Waals surface area (Å²) in [6.45, 7) is -0.585. The van der Waals surface area contributed by atoms with Crippen molar-refractivity contribution in [3.8, 4) is 0 Å². The third-order valence-electron chi connectivity index (χ3n) is 4.84. The number of esters is 1. The van der Waals surface area contributed by atoms with Gasteiger partial charge in [0.25, 0.3) is 11.8 Å². The molecule has 0 saturated heterocycles. The van der Waals surface area contributed by atoms with Crippen LogP contribution in [0.25, 0.3) is 10.9 Å². The van der Waals surface area contributed by atoms with Gasteiger partial charge in [-0.3, -0.25) is 9.59 Å². The van der Waals surface area contributed by atoms with E-state index in [-0.39, 0.29) is 17.3 Å². The SMILES string of the molecule is O=C(COC(=O)C(Cc1c[nH]c2ccccc12)NC(=O)c1cccs1)Nc1ncc(Cl)cc1Cl. The number of nitrogens with zero attached hydrogens (tertiary/aromatic N) is 1. The Bertz CT molecular complexity index is 1340. The second-order valence-corrected chi connectivity index (χ2v) is 9.00. The maximum absolute atomic E-state index is 12.9. The zero-order chi connectivity index (χ0) is 24.1. The van der Waals surface area contributed by atoms with Gasteiger partial charge in [0, 0.05) is 29.7 Å². The summed E-state index contributed by atoms with van der Waals surface area (Å²) in [4.78, 5) is 45.3. The molecule has 3 N–H and O–H groups in total. The Hall–Kier alpha value is -3.40. The average Bonchev–Trinajstić information content (AvgIpc) is 3.50. The molecule has 1 aromatic carbocycles. The lowest BCUT2D eigenvalue weighted by Gasteiger charge is -2.17. The summed E-state index contributed by atoms with van der Waals surface area (Å²) in [7, 11) is 0. The van der Waals surface area contributed by atoms with Crippen molar-refractivity contribution in [1.82, 2.24) is 15.3 Å². The number of aromatic nitrogens is 2. The van der Waals surface area contributed by atoms with Gasteiger partial charge in [-0.2, -0.15) is 0 Å². The first-order valence-corrected chi connectivity index (χ1v) is 11.7. The molecule has 4 rings (SSSR count). The number of fused-ring (bicyclic) bond motifs is 1. The molecule has 4 aromatic rings. The highest BCUT2D eigenvalue weighted by atomic mass is 35.5. The Morgan fingerprint density at radius 2 is 1.97 bits per heavy atom. The van der Waals surface area contributed by atoms with Crippen LogP contribution in [0, 0.1) is 0 Å². The highest BCUT2D eigenvalue weighted by Crippen LogP contribution is 2.23. The van der Waals surface area contributed by atoms with Crippen molar-refractivity contribution < 1.29 is 19.1 Å². The summed E-state index contributed by atoms with van der Waals surface area (Å²) in [5.41, 5.74) is 1.73. The molecular weight excluding hydrogens is 499 g/mol. The largest absolute Gasteiger partial charge is 0.454 e. The van der Waals surface area contributed by atoms with Gasteiger partial charge < -0.3 is 20.4 Å². The molecule has 174 valence electrons. The number of thiophene rings is 1. The molecule has 2 amide bonds. The Morgan fingerprint density at radius 3 is 2.74 bits per heavy atom. The molecule has 0 aliphatic carbocycles. The first-order valence-electron chi connectivity index (χ1n) is 10.1. The van der Waals surface area contributed by atoms with Gasteiger partial charge in [0.15, 0.2) is 12.4 Å². The molecule has 0 saturated carbocycles. The second-order valence-electron chi connectivity index (χ2n) is 7.21. The number of ether oxygens (including phenoxy) is 1. The minimum atomic E-state index is -1.01. The van der Waals surface area contributed by atoms with Gasteiger partial charge >= 0.3 is 5.97 Å². The van der Waals surface area contributed by atoms with Crippen molar-refractivity contribution in [2.45, 2.75) is 12.5 Å². The van der Waals surface area contributed by atoms with Crippen molar-refractivity contribution in [1.29, 1.82) is 0 Å². The summed E-state index contributed by atoms with van der Waals surface area (Å²) in [5.74, 6) is -1.70. The van der Waals surface area contributed by atoms with Gasteiger partial charge in [-0.15, -0.1) is 11.3 Å². The molecule has 0 spiro atoms. The van der Waals surface area contributed by atoms with Crippen LogP contribution in [0.5, 0.6) is 0 Å². The highest BCUT2D eigenvalue weighted by molar-refractivity contribution is 7.12. The molecule has 0 bridgehead atoms. The highest BCUT2D eigenvalue weighted by Gasteiger charge is 2.26. The molecule has 0 radical (unpaired) electrons. The van der Waals surface area contributed by atoms with Crippen LogP contribution in [-0.2, 0) is 20.7 Å². The van der Waals surface area contributed by atoms with E-state index in [2.05, 4.69) is 20.6 Å². The number of anilines is 1. The van der Waals surface area contributed by atoms with E-state index in [1.165, 1.54) is 23.6 Å². The van der Waals surface area contributed by atoms with E-state index in [9.17, 15) is 14.4 Å². The second kappa shape index (κ2) is 10.7. The summed E-state index contributed by atoms with van der Waals surface area (Å²) in [6.07, 6.45) is 3.28. The van der Waals surface area contributed by atoms with E-state index in [4.69, 9.17) is 27.9 Å². The molecule has 0 aliphatic heterocycles. The average molecular weight is 517 g/mol. The predicted molar refractivity (Wildman–Crippen MR) is 131 cm³/mol. The zero-order valence-corrected chi connectivity index (χ0v) is 19.8. The van der Waals surface area contributed by atoms with Crippen LogP contribution in [0.3, 0.4) is 0 Å². The van der Waals surface area contributed by atoms with Crippen molar-refractivity contribution in [3.05, 3.63) is 80.7 Å².